The van der Waals surface area contributed by atoms with E-state index in [0.29, 0.717) is 0 Å². The first-order valence-corrected chi connectivity index (χ1v) is 17.3. The van der Waals surface area contributed by atoms with Gasteiger partial charge in [0.05, 0.1) is 21.7 Å². The molecule has 0 atom stereocenters. The first-order valence-electron chi connectivity index (χ1n) is 17.3. The van der Waals surface area contributed by atoms with Crippen LogP contribution in [0, 0.1) is 13.8 Å². The lowest BCUT2D eigenvalue weighted by molar-refractivity contribution is 0.222. The van der Waals surface area contributed by atoms with Crippen molar-refractivity contribution in [2.45, 2.75) is 142 Å². The van der Waals surface area contributed by atoms with Gasteiger partial charge in [-0.2, -0.15) is 0 Å². The van der Waals surface area contributed by atoms with Crippen LogP contribution >= 0.6 is 0 Å². The van der Waals surface area contributed by atoms with Crippen molar-refractivity contribution in [1.82, 2.24) is 0 Å². The summed E-state index contributed by atoms with van der Waals surface area (Å²) in [5, 5.41) is 0. The predicted molar refractivity (Wildman–Crippen MR) is 194 cm³/mol. The van der Waals surface area contributed by atoms with Gasteiger partial charge in [0, 0.05) is 24.3 Å². The second kappa shape index (κ2) is 11.8. The Labute approximate surface area is 279 Å². The minimum absolute atomic E-state index is 0.109. The van der Waals surface area contributed by atoms with E-state index in [9.17, 15) is 0 Å². The molecule has 244 valence electrons. The molecule has 0 N–H and O–H groups in total. The molecule has 0 unspecified atom stereocenters. The molecular formula is C44H58O2+2. The van der Waals surface area contributed by atoms with E-state index in [2.05, 4.69) is 170 Å². The molecule has 1 fully saturated rings. The SMILES string of the molecule is Cc1ccc(C2C(c3cc(C(C)(C)C)[o+]c(C(C)(C)C)c3)C(c3ccc(C)cc3)C2c2cc(C(C)(C)C)[o+]c(C(C)(C)C)c2)cc1. The van der Waals surface area contributed by atoms with Crippen molar-refractivity contribution in [2.75, 3.05) is 0 Å². The third kappa shape index (κ3) is 6.87. The molecule has 2 heterocycles. The minimum atomic E-state index is -0.109. The fraction of sp³-hybridized carbons (Fsp3) is 0.500. The van der Waals surface area contributed by atoms with Crippen LogP contribution in [0.1, 0.15) is 163 Å². The second-order valence-electron chi connectivity index (χ2n) is 18.2. The molecule has 46 heavy (non-hydrogen) atoms. The number of hydrogen-bond donors (Lipinski definition) is 0. The molecule has 0 saturated heterocycles. The molecule has 0 amide bonds. The zero-order valence-electron chi connectivity index (χ0n) is 31.1. The van der Waals surface area contributed by atoms with Crippen LogP contribution < -0.4 is 0 Å². The van der Waals surface area contributed by atoms with Crippen LogP contribution in [0.4, 0.5) is 0 Å². The average Bonchev–Trinajstić information content (AvgIpc) is 2.92. The van der Waals surface area contributed by atoms with Gasteiger partial charge in [-0.15, -0.1) is 0 Å². The summed E-state index contributed by atoms with van der Waals surface area (Å²) in [6, 6.07) is 28.1. The molecule has 2 heteroatoms. The maximum Gasteiger partial charge on any atom is 0.334 e. The zero-order valence-corrected chi connectivity index (χ0v) is 31.1. The van der Waals surface area contributed by atoms with Crippen LogP contribution in [0.5, 0.6) is 0 Å². The smallest absolute Gasteiger partial charge is 0.217 e. The molecule has 2 aromatic heterocycles. The Hall–Kier alpha value is -3.26. The van der Waals surface area contributed by atoms with Crippen LogP contribution in [0.25, 0.3) is 0 Å². The third-order valence-corrected chi connectivity index (χ3v) is 9.83. The van der Waals surface area contributed by atoms with Gasteiger partial charge in [-0.05, 0) is 143 Å². The lowest BCUT2D eigenvalue weighted by atomic mass is 9.49. The number of rotatable bonds is 4. The van der Waals surface area contributed by atoms with E-state index in [-0.39, 0.29) is 45.3 Å². The molecule has 2 aromatic carbocycles. The zero-order chi connectivity index (χ0) is 34.0. The minimum Gasteiger partial charge on any atom is -0.217 e. The molecular weight excluding hydrogens is 560 g/mol. The Morgan fingerprint density at radius 1 is 0.348 bits per heavy atom. The highest BCUT2D eigenvalue weighted by molar-refractivity contribution is 5.50. The highest BCUT2D eigenvalue weighted by Gasteiger charge is 2.55. The molecule has 0 aliphatic heterocycles. The Bertz CT molecular complexity index is 1480. The lowest BCUT2D eigenvalue weighted by Crippen LogP contribution is -2.40. The van der Waals surface area contributed by atoms with Crippen LogP contribution in [-0.2, 0) is 21.7 Å². The Morgan fingerprint density at radius 2 is 0.565 bits per heavy atom. The Kier molecular flexibility index (Phi) is 8.72. The Balaban J connectivity index is 1.83. The molecule has 2 nitrogen and oxygen atoms in total. The van der Waals surface area contributed by atoms with Crippen molar-refractivity contribution in [3.8, 4) is 0 Å². The van der Waals surface area contributed by atoms with E-state index in [4.69, 9.17) is 8.83 Å². The van der Waals surface area contributed by atoms with Gasteiger partial charge < -0.3 is 0 Å². The van der Waals surface area contributed by atoms with Gasteiger partial charge in [0.2, 0.25) is 0 Å². The number of benzene rings is 2. The quantitative estimate of drug-likeness (QED) is 0.212. The summed E-state index contributed by atoms with van der Waals surface area (Å²) in [6.45, 7) is 31.5. The average molecular weight is 619 g/mol. The van der Waals surface area contributed by atoms with Crippen LogP contribution in [0.2, 0.25) is 0 Å². The first kappa shape index (κ1) is 34.1. The monoisotopic (exact) mass is 618 g/mol. The summed E-state index contributed by atoms with van der Waals surface area (Å²) in [4.78, 5) is 0. The summed E-state index contributed by atoms with van der Waals surface area (Å²) in [7, 11) is 0. The molecule has 1 aliphatic rings. The predicted octanol–water partition coefficient (Wildman–Crippen LogP) is 12.7. The molecule has 1 saturated carbocycles. The normalized spacial score (nSPS) is 20.8. The summed E-state index contributed by atoms with van der Waals surface area (Å²) < 4.78 is 13.4. The summed E-state index contributed by atoms with van der Waals surface area (Å²) in [5.41, 5.74) is 7.69. The standard InChI is InChI=1S/C44H58O2/c1-27-15-19-29(20-16-27)37-39(31-23-33(41(3,4)5)45-34(24-31)42(6,7)8)38(30-21-17-28(2)18-22-30)40(37)32-25-35(43(9,10)11)46-36(26-32)44(12,13)14/h15-26,37-40H,1-14H3/q+2. The third-order valence-electron chi connectivity index (χ3n) is 9.83. The van der Waals surface area contributed by atoms with Crippen molar-refractivity contribution in [3.63, 3.8) is 0 Å². The van der Waals surface area contributed by atoms with Crippen LogP contribution in [0.3, 0.4) is 0 Å². The van der Waals surface area contributed by atoms with E-state index in [1.807, 2.05) is 0 Å². The highest BCUT2D eigenvalue weighted by atomic mass is 16.3. The molecule has 1 aliphatic carbocycles. The second-order valence-corrected chi connectivity index (χ2v) is 18.2. The molecule has 0 bridgehead atoms. The molecule has 4 aromatic rings. The molecule has 0 spiro atoms. The topological polar surface area (TPSA) is 22.6 Å². The van der Waals surface area contributed by atoms with Crippen LogP contribution in [0.15, 0.2) is 81.6 Å². The fourth-order valence-electron chi connectivity index (χ4n) is 6.89. The lowest BCUT2D eigenvalue weighted by Gasteiger charge is -2.53. The first-order chi connectivity index (χ1) is 21.1. The summed E-state index contributed by atoms with van der Waals surface area (Å²) in [5.74, 6) is 5.33. The van der Waals surface area contributed by atoms with Gasteiger partial charge >= 0.3 is 23.0 Å². The fourth-order valence-corrected chi connectivity index (χ4v) is 6.89. The highest BCUT2D eigenvalue weighted by Crippen LogP contribution is 2.67. The number of aryl methyl sites for hydroxylation is 2. The van der Waals surface area contributed by atoms with Crippen molar-refractivity contribution >= 4 is 0 Å². The van der Waals surface area contributed by atoms with Gasteiger partial charge in [-0.25, -0.2) is 8.83 Å². The summed E-state index contributed by atoms with van der Waals surface area (Å²) in [6.07, 6.45) is 0. The van der Waals surface area contributed by atoms with E-state index in [0.717, 1.165) is 23.0 Å². The molecule has 0 radical (unpaired) electrons. The van der Waals surface area contributed by atoms with Gasteiger partial charge in [0.15, 0.2) is 0 Å². The van der Waals surface area contributed by atoms with Gasteiger partial charge in [0.25, 0.3) is 0 Å². The summed E-state index contributed by atoms with van der Waals surface area (Å²) >= 11 is 0. The van der Waals surface area contributed by atoms with Gasteiger partial charge in [0.1, 0.15) is 0 Å². The van der Waals surface area contributed by atoms with E-state index in [1.165, 1.54) is 33.4 Å². The van der Waals surface area contributed by atoms with Crippen molar-refractivity contribution < 1.29 is 8.83 Å². The largest absolute Gasteiger partial charge is 0.334 e. The van der Waals surface area contributed by atoms with Gasteiger partial charge in [-0.3, -0.25) is 0 Å². The van der Waals surface area contributed by atoms with Crippen LogP contribution in [-0.4, -0.2) is 0 Å². The maximum atomic E-state index is 6.68. The van der Waals surface area contributed by atoms with E-state index >= 15 is 0 Å². The van der Waals surface area contributed by atoms with Crippen molar-refractivity contribution in [2.24, 2.45) is 0 Å². The number of hydrogen-bond acceptors (Lipinski definition) is 0. The molecule has 5 rings (SSSR count). The Morgan fingerprint density at radius 3 is 0.783 bits per heavy atom. The van der Waals surface area contributed by atoms with Crippen molar-refractivity contribution in [3.05, 3.63) is 129 Å². The van der Waals surface area contributed by atoms with E-state index in [1.54, 1.807) is 0 Å². The maximum absolute atomic E-state index is 6.68. The van der Waals surface area contributed by atoms with Crippen molar-refractivity contribution in [1.29, 1.82) is 0 Å². The van der Waals surface area contributed by atoms with Gasteiger partial charge in [-0.1, -0.05) is 59.7 Å². The van der Waals surface area contributed by atoms with E-state index < -0.39 is 0 Å².